The first kappa shape index (κ1) is 17.3. The van der Waals surface area contributed by atoms with Gasteiger partial charge in [-0.1, -0.05) is 17.7 Å². The number of carbonyl (C=O) groups is 2. The fourth-order valence-corrected chi connectivity index (χ4v) is 2.27. The smallest absolute Gasteiger partial charge is 0.305 e. The molecule has 0 spiro atoms. The first-order chi connectivity index (χ1) is 9.86. The van der Waals surface area contributed by atoms with Gasteiger partial charge in [0.15, 0.2) is 0 Å². The summed E-state index contributed by atoms with van der Waals surface area (Å²) in [5, 5.41) is 9.23. The minimum absolute atomic E-state index is 0.0784. The lowest BCUT2D eigenvalue weighted by molar-refractivity contribution is -0.139. The maximum Gasteiger partial charge on any atom is 0.305 e. The molecule has 0 saturated carbocycles. The van der Waals surface area contributed by atoms with Crippen molar-refractivity contribution in [3.8, 4) is 5.75 Å². The minimum atomic E-state index is -0.927. The van der Waals surface area contributed by atoms with Gasteiger partial charge in [0, 0.05) is 23.2 Å². The lowest BCUT2D eigenvalue weighted by Gasteiger charge is -2.26. The third-order valence-electron chi connectivity index (χ3n) is 3.13. The molecular formula is C15H20ClNO4. The largest absolute Gasteiger partial charge is 0.496 e. The molecule has 1 N–H and O–H groups in total. The van der Waals surface area contributed by atoms with Crippen molar-refractivity contribution in [3.63, 3.8) is 0 Å². The van der Waals surface area contributed by atoms with E-state index in [9.17, 15) is 9.59 Å². The van der Waals surface area contributed by atoms with E-state index < -0.39 is 5.97 Å². The Morgan fingerprint density at radius 2 is 2.05 bits per heavy atom. The summed E-state index contributed by atoms with van der Waals surface area (Å²) in [6.07, 6.45) is 0.00419. The molecule has 6 heteroatoms. The Morgan fingerprint density at radius 3 is 2.57 bits per heavy atom. The average Bonchev–Trinajstić information content (AvgIpc) is 2.40. The summed E-state index contributed by atoms with van der Waals surface area (Å²) in [6.45, 7) is 3.88. The zero-order chi connectivity index (χ0) is 16.0. The molecule has 0 bridgehead atoms. The van der Waals surface area contributed by atoms with Crippen molar-refractivity contribution in [1.82, 2.24) is 4.90 Å². The lowest BCUT2D eigenvalue weighted by Crippen LogP contribution is -2.39. The van der Waals surface area contributed by atoms with Gasteiger partial charge in [0.2, 0.25) is 5.91 Å². The van der Waals surface area contributed by atoms with Gasteiger partial charge in [0.05, 0.1) is 20.0 Å². The van der Waals surface area contributed by atoms with E-state index in [0.717, 1.165) is 0 Å². The summed E-state index contributed by atoms with van der Waals surface area (Å²) < 4.78 is 5.22. The van der Waals surface area contributed by atoms with E-state index in [2.05, 4.69) is 0 Å². The van der Waals surface area contributed by atoms with Crippen LogP contribution < -0.4 is 4.74 Å². The highest BCUT2D eigenvalue weighted by Gasteiger charge is 2.21. The first-order valence-corrected chi connectivity index (χ1v) is 7.07. The van der Waals surface area contributed by atoms with Crippen LogP contribution in [0.1, 0.15) is 25.8 Å². The van der Waals surface area contributed by atoms with E-state index in [0.29, 0.717) is 16.3 Å². The van der Waals surface area contributed by atoms with Gasteiger partial charge in [-0.3, -0.25) is 9.59 Å². The maximum atomic E-state index is 12.4. The van der Waals surface area contributed by atoms with Crippen LogP contribution in [-0.2, 0) is 16.0 Å². The normalized spacial score (nSPS) is 10.5. The van der Waals surface area contributed by atoms with Gasteiger partial charge < -0.3 is 14.7 Å². The molecule has 1 rings (SSSR count). The Bertz CT molecular complexity index is 516. The van der Waals surface area contributed by atoms with Crippen molar-refractivity contribution < 1.29 is 19.4 Å². The van der Waals surface area contributed by atoms with Gasteiger partial charge in [-0.15, -0.1) is 0 Å². The summed E-state index contributed by atoms with van der Waals surface area (Å²) in [5.74, 6) is -0.542. The Kier molecular flexibility index (Phi) is 6.49. The maximum absolute atomic E-state index is 12.4. The third-order valence-corrected chi connectivity index (χ3v) is 3.49. The van der Waals surface area contributed by atoms with Crippen molar-refractivity contribution in [3.05, 3.63) is 28.8 Å². The van der Waals surface area contributed by atoms with E-state index in [4.69, 9.17) is 21.4 Å². The molecule has 0 atom stereocenters. The predicted octanol–water partition coefficient (Wildman–Crippen LogP) is 2.60. The summed E-state index contributed by atoms with van der Waals surface area (Å²) in [4.78, 5) is 24.6. The molecule has 0 aromatic heterocycles. The van der Waals surface area contributed by atoms with Gasteiger partial charge in [-0.25, -0.2) is 0 Å². The molecule has 0 aliphatic carbocycles. The lowest BCUT2D eigenvalue weighted by atomic mass is 10.1. The van der Waals surface area contributed by atoms with E-state index in [-0.39, 0.29) is 31.3 Å². The Morgan fingerprint density at radius 1 is 1.38 bits per heavy atom. The number of benzene rings is 1. The van der Waals surface area contributed by atoms with Crippen LogP contribution in [0, 0.1) is 0 Å². The minimum Gasteiger partial charge on any atom is -0.496 e. The molecule has 0 heterocycles. The zero-order valence-corrected chi connectivity index (χ0v) is 13.2. The molecule has 116 valence electrons. The van der Waals surface area contributed by atoms with Gasteiger partial charge >= 0.3 is 5.97 Å². The molecule has 1 aromatic carbocycles. The van der Waals surface area contributed by atoms with Crippen LogP contribution in [0.4, 0.5) is 0 Å². The second-order valence-electron chi connectivity index (χ2n) is 4.92. The zero-order valence-electron chi connectivity index (χ0n) is 12.4. The molecule has 1 aromatic rings. The van der Waals surface area contributed by atoms with E-state index in [1.54, 1.807) is 18.2 Å². The van der Waals surface area contributed by atoms with Crippen LogP contribution in [0.2, 0.25) is 5.02 Å². The van der Waals surface area contributed by atoms with Gasteiger partial charge in [-0.05, 0) is 26.0 Å². The highest BCUT2D eigenvalue weighted by Crippen LogP contribution is 2.27. The number of nitrogens with zero attached hydrogens (tertiary/aromatic N) is 1. The molecule has 0 unspecified atom stereocenters. The molecular weight excluding hydrogens is 294 g/mol. The number of methoxy groups -OCH3 is 1. The predicted molar refractivity (Wildman–Crippen MR) is 80.8 cm³/mol. The van der Waals surface area contributed by atoms with Crippen molar-refractivity contribution in [2.75, 3.05) is 13.7 Å². The number of amides is 1. The second-order valence-corrected chi connectivity index (χ2v) is 5.33. The number of carboxylic acids is 1. The number of carboxylic acid groups (broad SMARTS) is 1. The van der Waals surface area contributed by atoms with E-state index >= 15 is 0 Å². The first-order valence-electron chi connectivity index (χ1n) is 6.69. The number of hydrogen-bond acceptors (Lipinski definition) is 3. The number of ether oxygens (including phenoxy) is 1. The molecule has 21 heavy (non-hydrogen) atoms. The molecule has 5 nitrogen and oxygen atoms in total. The third kappa shape index (κ3) is 4.93. The molecule has 0 fully saturated rings. The Hall–Kier alpha value is -1.75. The monoisotopic (exact) mass is 313 g/mol. The molecule has 0 saturated heterocycles. The Labute approximate surface area is 129 Å². The van der Waals surface area contributed by atoms with E-state index in [1.807, 2.05) is 13.8 Å². The number of carbonyl (C=O) groups excluding carboxylic acids is 1. The van der Waals surface area contributed by atoms with Crippen LogP contribution in [0.15, 0.2) is 18.2 Å². The van der Waals surface area contributed by atoms with Crippen molar-refractivity contribution >= 4 is 23.5 Å². The number of aliphatic carboxylic acids is 1. The molecule has 1 amide bonds. The molecule has 0 aliphatic rings. The highest BCUT2D eigenvalue weighted by molar-refractivity contribution is 6.31. The fourth-order valence-electron chi connectivity index (χ4n) is 2.04. The summed E-state index contributed by atoms with van der Waals surface area (Å²) in [5.41, 5.74) is 0.618. The van der Waals surface area contributed by atoms with Gasteiger partial charge in [-0.2, -0.15) is 0 Å². The van der Waals surface area contributed by atoms with Crippen molar-refractivity contribution in [2.24, 2.45) is 0 Å². The van der Waals surface area contributed by atoms with Gasteiger partial charge in [0.1, 0.15) is 5.75 Å². The van der Waals surface area contributed by atoms with Crippen molar-refractivity contribution in [2.45, 2.75) is 32.7 Å². The van der Waals surface area contributed by atoms with Crippen LogP contribution >= 0.6 is 11.6 Å². The van der Waals surface area contributed by atoms with Crippen LogP contribution in [0.25, 0.3) is 0 Å². The number of halogens is 1. The number of hydrogen-bond donors (Lipinski definition) is 1. The average molecular weight is 314 g/mol. The highest BCUT2D eigenvalue weighted by atomic mass is 35.5. The fraction of sp³-hybridized carbons (Fsp3) is 0.467. The SMILES string of the molecule is COc1cccc(Cl)c1CC(=O)N(CCC(=O)O)C(C)C. The standard InChI is InChI=1S/C15H20ClNO4/c1-10(2)17(8-7-15(19)20)14(18)9-11-12(16)5-4-6-13(11)21-3/h4-6,10H,7-9H2,1-3H3,(H,19,20). The van der Waals surface area contributed by atoms with Crippen LogP contribution in [0.3, 0.4) is 0 Å². The van der Waals surface area contributed by atoms with E-state index in [1.165, 1.54) is 12.0 Å². The summed E-state index contributed by atoms with van der Waals surface area (Å²) >= 11 is 6.12. The second kappa shape index (κ2) is 7.88. The summed E-state index contributed by atoms with van der Waals surface area (Å²) in [6, 6.07) is 5.11. The molecule has 0 radical (unpaired) electrons. The Balaban J connectivity index is 2.89. The summed E-state index contributed by atoms with van der Waals surface area (Å²) in [7, 11) is 1.52. The quantitative estimate of drug-likeness (QED) is 0.840. The van der Waals surface area contributed by atoms with Gasteiger partial charge in [0.25, 0.3) is 0 Å². The molecule has 0 aliphatic heterocycles. The topological polar surface area (TPSA) is 66.8 Å². The number of rotatable bonds is 7. The van der Waals surface area contributed by atoms with Crippen LogP contribution in [-0.4, -0.2) is 41.6 Å². The van der Waals surface area contributed by atoms with Crippen molar-refractivity contribution in [1.29, 1.82) is 0 Å². The van der Waals surface area contributed by atoms with Crippen LogP contribution in [0.5, 0.6) is 5.75 Å².